The van der Waals surface area contributed by atoms with Crippen LogP contribution in [0.15, 0.2) is 12.2 Å². The Morgan fingerprint density at radius 1 is 0.397 bits per heavy atom. The van der Waals surface area contributed by atoms with Gasteiger partial charge in [0.05, 0.1) is 25.4 Å². The number of aliphatic hydroxyl groups is 2. The van der Waals surface area contributed by atoms with Crippen molar-refractivity contribution in [2.24, 2.45) is 0 Å². The molecule has 6 heteroatoms. The van der Waals surface area contributed by atoms with Gasteiger partial charge in [-0.2, -0.15) is 0 Å². The number of unbranched alkanes of at least 4 members (excludes halogenated alkanes) is 47. The first-order valence-electron chi connectivity index (χ1n) is 31.0. The summed E-state index contributed by atoms with van der Waals surface area (Å²) in [5.74, 6) is -0.0661. The number of hydrogen-bond acceptors (Lipinski definition) is 5. The van der Waals surface area contributed by atoms with Gasteiger partial charge in [0.1, 0.15) is 0 Å². The Hall–Kier alpha value is -1.40. The molecular formula is C62H121NO5. The van der Waals surface area contributed by atoms with Gasteiger partial charge >= 0.3 is 5.97 Å². The van der Waals surface area contributed by atoms with Crippen LogP contribution in [-0.2, 0) is 14.3 Å². The van der Waals surface area contributed by atoms with Crippen LogP contribution in [0.1, 0.15) is 348 Å². The SMILES string of the molecule is CCCCCCCCCCCCCCCCCCCCCC/C=C/C(O)C(CO)NC(=O)CCCCCCCCCCCCCCCCCCOC(=O)CCCCCCCCCCCCCCC. The molecule has 0 aromatic rings. The quantitative estimate of drug-likeness (QED) is 0.0321. The zero-order chi connectivity index (χ0) is 49.3. The molecule has 0 aromatic heterocycles. The van der Waals surface area contributed by atoms with E-state index < -0.39 is 12.1 Å². The first kappa shape index (κ1) is 66.6. The Labute approximate surface area is 425 Å². The molecule has 0 saturated carbocycles. The van der Waals surface area contributed by atoms with Crippen LogP contribution in [0.2, 0.25) is 0 Å². The molecule has 0 saturated heterocycles. The summed E-state index contributed by atoms with van der Waals surface area (Å²) in [6, 6.07) is -0.633. The molecule has 0 aliphatic rings. The fourth-order valence-electron chi connectivity index (χ4n) is 9.81. The van der Waals surface area contributed by atoms with E-state index in [1.54, 1.807) is 6.08 Å². The van der Waals surface area contributed by atoms with Crippen molar-refractivity contribution in [1.82, 2.24) is 5.32 Å². The number of amides is 1. The Morgan fingerprint density at radius 2 is 0.676 bits per heavy atom. The molecule has 0 fully saturated rings. The number of nitrogens with one attached hydrogen (secondary N) is 1. The Kier molecular flexibility index (Phi) is 57.0. The van der Waals surface area contributed by atoms with Gasteiger partial charge in [0.15, 0.2) is 0 Å². The van der Waals surface area contributed by atoms with Crippen LogP contribution in [0.4, 0.5) is 0 Å². The predicted molar refractivity (Wildman–Crippen MR) is 297 cm³/mol. The lowest BCUT2D eigenvalue weighted by Crippen LogP contribution is -2.45. The number of aliphatic hydroxyl groups excluding tert-OH is 2. The van der Waals surface area contributed by atoms with Crippen molar-refractivity contribution < 1.29 is 24.5 Å². The molecule has 404 valence electrons. The topological polar surface area (TPSA) is 95.9 Å². The summed E-state index contributed by atoms with van der Waals surface area (Å²) in [6.07, 6.45) is 69.6. The van der Waals surface area contributed by atoms with E-state index in [0.717, 1.165) is 44.9 Å². The summed E-state index contributed by atoms with van der Waals surface area (Å²) < 4.78 is 5.47. The lowest BCUT2D eigenvalue weighted by atomic mass is 10.0. The molecule has 0 spiro atoms. The third-order valence-electron chi connectivity index (χ3n) is 14.6. The molecule has 68 heavy (non-hydrogen) atoms. The highest BCUT2D eigenvalue weighted by atomic mass is 16.5. The van der Waals surface area contributed by atoms with Crippen molar-refractivity contribution in [3.8, 4) is 0 Å². The van der Waals surface area contributed by atoms with Gasteiger partial charge in [0.2, 0.25) is 5.91 Å². The second-order valence-electron chi connectivity index (χ2n) is 21.4. The highest BCUT2D eigenvalue weighted by Gasteiger charge is 2.18. The summed E-state index contributed by atoms with van der Waals surface area (Å²) in [7, 11) is 0. The van der Waals surface area contributed by atoms with Crippen molar-refractivity contribution >= 4 is 11.9 Å². The summed E-state index contributed by atoms with van der Waals surface area (Å²) >= 11 is 0. The van der Waals surface area contributed by atoms with E-state index in [0.29, 0.717) is 19.4 Å². The van der Waals surface area contributed by atoms with Gasteiger partial charge < -0.3 is 20.3 Å². The van der Waals surface area contributed by atoms with Crippen LogP contribution < -0.4 is 5.32 Å². The van der Waals surface area contributed by atoms with Crippen molar-refractivity contribution in [1.29, 1.82) is 0 Å². The number of carbonyl (C=O) groups is 2. The van der Waals surface area contributed by atoms with Crippen LogP contribution in [0, 0.1) is 0 Å². The monoisotopic (exact) mass is 960 g/mol. The number of esters is 1. The average molecular weight is 961 g/mol. The third kappa shape index (κ3) is 53.9. The van der Waals surface area contributed by atoms with Crippen molar-refractivity contribution in [2.45, 2.75) is 360 Å². The normalized spacial score (nSPS) is 12.6. The molecule has 1 amide bonds. The minimum absolute atomic E-state index is 0.00463. The molecule has 2 unspecified atom stereocenters. The van der Waals surface area contributed by atoms with Gasteiger partial charge in [-0.3, -0.25) is 9.59 Å². The highest BCUT2D eigenvalue weighted by Crippen LogP contribution is 2.18. The zero-order valence-electron chi connectivity index (χ0n) is 46.1. The van der Waals surface area contributed by atoms with E-state index in [-0.39, 0.29) is 18.5 Å². The van der Waals surface area contributed by atoms with Crippen molar-refractivity contribution in [3.05, 3.63) is 12.2 Å². The number of hydrogen-bond donors (Lipinski definition) is 3. The minimum atomic E-state index is -0.849. The van der Waals surface area contributed by atoms with Crippen LogP contribution in [0.3, 0.4) is 0 Å². The average Bonchev–Trinajstić information content (AvgIpc) is 3.34. The van der Waals surface area contributed by atoms with E-state index in [4.69, 9.17) is 4.74 Å². The molecule has 0 rings (SSSR count). The van der Waals surface area contributed by atoms with E-state index >= 15 is 0 Å². The summed E-state index contributed by atoms with van der Waals surface area (Å²) in [4.78, 5) is 24.5. The molecule has 0 bridgehead atoms. The van der Waals surface area contributed by atoms with E-state index in [2.05, 4.69) is 19.2 Å². The molecule has 0 aliphatic carbocycles. The summed E-state index contributed by atoms with van der Waals surface area (Å²) in [5.41, 5.74) is 0. The first-order valence-corrected chi connectivity index (χ1v) is 31.0. The third-order valence-corrected chi connectivity index (χ3v) is 14.6. The minimum Gasteiger partial charge on any atom is -0.466 e. The standard InChI is InChI=1S/C62H121NO5/c1-3-5-7-9-11-13-15-17-18-19-20-21-22-23-24-27-31-34-38-42-46-50-54-60(65)59(58-64)63-61(66)55-51-47-43-39-35-32-28-25-26-29-33-37-41-45-49-53-57-68-62(67)56-52-48-44-40-36-30-16-14-12-10-8-6-4-2/h50,54,59-60,64-65H,3-49,51-53,55-58H2,1-2H3,(H,63,66)/b54-50+. The maximum Gasteiger partial charge on any atom is 0.305 e. The van der Waals surface area contributed by atoms with Gasteiger partial charge in [0, 0.05) is 12.8 Å². The van der Waals surface area contributed by atoms with Crippen LogP contribution >= 0.6 is 0 Å². The first-order chi connectivity index (χ1) is 33.5. The van der Waals surface area contributed by atoms with Crippen LogP contribution in [0.5, 0.6) is 0 Å². The van der Waals surface area contributed by atoms with Crippen molar-refractivity contribution in [2.75, 3.05) is 13.2 Å². The summed E-state index contributed by atoms with van der Waals surface area (Å²) in [6.45, 7) is 4.92. The fraction of sp³-hybridized carbons (Fsp3) is 0.935. The Bertz CT molecular complexity index is 1020. The smallest absolute Gasteiger partial charge is 0.305 e. The Balaban J connectivity index is 3.45. The second-order valence-corrected chi connectivity index (χ2v) is 21.4. The number of rotatable bonds is 58. The maximum atomic E-state index is 12.5. The van der Waals surface area contributed by atoms with Gasteiger partial charge in [-0.25, -0.2) is 0 Å². The maximum absolute atomic E-state index is 12.5. The molecule has 0 heterocycles. The fourth-order valence-corrected chi connectivity index (χ4v) is 9.81. The molecule has 0 aliphatic heterocycles. The Morgan fingerprint density at radius 3 is 1.00 bits per heavy atom. The molecule has 0 aromatic carbocycles. The van der Waals surface area contributed by atoms with Crippen molar-refractivity contribution in [3.63, 3.8) is 0 Å². The number of carbonyl (C=O) groups excluding carboxylic acids is 2. The summed E-state index contributed by atoms with van der Waals surface area (Å²) in [5, 5.41) is 23.2. The lowest BCUT2D eigenvalue weighted by molar-refractivity contribution is -0.143. The molecule has 0 radical (unpaired) electrons. The van der Waals surface area contributed by atoms with Crippen LogP contribution in [-0.4, -0.2) is 47.4 Å². The molecule has 6 nitrogen and oxygen atoms in total. The van der Waals surface area contributed by atoms with E-state index in [1.165, 1.54) is 276 Å². The van der Waals surface area contributed by atoms with Gasteiger partial charge in [-0.1, -0.05) is 315 Å². The number of allylic oxidation sites excluding steroid dienone is 1. The number of ether oxygens (including phenoxy) is 1. The van der Waals surface area contributed by atoms with E-state index in [1.807, 2.05) is 6.08 Å². The second kappa shape index (κ2) is 58.2. The highest BCUT2D eigenvalue weighted by molar-refractivity contribution is 5.76. The predicted octanol–water partition coefficient (Wildman–Crippen LogP) is 19.2. The lowest BCUT2D eigenvalue weighted by Gasteiger charge is -2.20. The molecular weight excluding hydrogens is 839 g/mol. The van der Waals surface area contributed by atoms with Gasteiger partial charge in [-0.05, 0) is 32.1 Å². The molecule has 2 atom stereocenters. The zero-order valence-corrected chi connectivity index (χ0v) is 46.1. The molecule has 3 N–H and O–H groups in total. The van der Waals surface area contributed by atoms with E-state index in [9.17, 15) is 19.8 Å². The van der Waals surface area contributed by atoms with Gasteiger partial charge in [0.25, 0.3) is 0 Å². The largest absolute Gasteiger partial charge is 0.466 e. The van der Waals surface area contributed by atoms with Gasteiger partial charge in [-0.15, -0.1) is 0 Å². The van der Waals surface area contributed by atoms with Crippen LogP contribution in [0.25, 0.3) is 0 Å².